The molecule has 0 aliphatic rings. The van der Waals surface area contributed by atoms with Crippen molar-refractivity contribution in [2.45, 2.75) is 6.92 Å². The minimum atomic E-state index is -0.366. The largest absolute Gasteiger partial charge is 0.275 e. The Morgan fingerprint density at radius 3 is 2.74 bits per heavy atom. The number of hydrogen-bond donors (Lipinski definition) is 0. The molecule has 0 aliphatic heterocycles. The van der Waals surface area contributed by atoms with Crippen LogP contribution in [0, 0.1) is 12.7 Å². The lowest BCUT2D eigenvalue weighted by Crippen LogP contribution is -1.94. The van der Waals surface area contributed by atoms with Gasteiger partial charge in [0.2, 0.25) is 4.96 Å². The molecular weight excluding hydrogens is 383 g/mol. The average molecular weight is 393 g/mol. The van der Waals surface area contributed by atoms with Gasteiger partial charge in [-0.1, -0.05) is 27.3 Å². The maximum atomic E-state index is 14.1. The monoisotopic (exact) mass is 392 g/mol. The van der Waals surface area contributed by atoms with Crippen molar-refractivity contribution >= 4 is 32.2 Å². The molecule has 1 aromatic carbocycles. The van der Waals surface area contributed by atoms with E-state index in [1.54, 1.807) is 21.3 Å². The second kappa shape index (κ2) is 5.20. The Labute approximate surface area is 142 Å². The molecule has 0 saturated heterocycles. The molecule has 0 aliphatic carbocycles. The van der Waals surface area contributed by atoms with Crippen LogP contribution in [0.25, 0.3) is 26.9 Å². The third kappa shape index (κ3) is 2.36. The van der Waals surface area contributed by atoms with E-state index in [4.69, 9.17) is 0 Å². The minimum absolute atomic E-state index is 0.353. The first kappa shape index (κ1) is 14.5. The predicted octanol–water partition coefficient (Wildman–Crippen LogP) is 3.46. The van der Waals surface area contributed by atoms with Gasteiger partial charge in [0.25, 0.3) is 0 Å². The smallest absolute Gasteiger partial charge is 0.235 e. The zero-order valence-corrected chi connectivity index (χ0v) is 14.6. The van der Waals surface area contributed by atoms with Crippen molar-refractivity contribution in [1.29, 1.82) is 0 Å². The first-order valence-electron chi connectivity index (χ1n) is 6.71. The zero-order chi connectivity index (χ0) is 16.1. The number of rotatable bonds is 2. The summed E-state index contributed by atoms with van der Waals surface area (Å²) in [5.41, 5.74) is 2.17. The van der Waals surface area contributed by atoms with Crippen molar-refractivity contribution in [3.05, 3.63) is 40.4 Å². The van der Waals surface area contributed by atoms with Gasteiger partial charge in [-0.05, 0) is 25.1 Å². The second-order valence-corrected chi connectivity index (χ2v) is 6.92. The maximum absolute atomic E-state index is 14.1. The van der Waals surface area contributed by atoms with E-state index in [0.29, 0.717) is 16.3 Å². The molecule has 4 rings (SSSR count). The highest BCUT2D eigenvalue weighted by atomic mass is 79.9. The van der Waals surface area contributed by atoms with E-state index < -0.39 is 0 Å². The molecule has 3 heterocycles. The summed E-state index contributed by atoms with van der Waals surface area (Å²) in [4.78, 5) is 0.609. The van der Waals surface area contributed by atoms with E-state index in [0.717, 1.165) is 20.7 Å². The molecule has 116 valence electrons. The van der Waals surface area contributed by atoms with Gasteiger partial charge in [0.1, 0.15) is 5.82 Å². The Morgan fingerprint density at radius 2 is 2.00 bits per heavy atom. The van der Waals surface area contributed by atoms with Crippen LogP contribution in [0.3, 0.4) is 0 Å². The third-order valence-electron chi connectivity index (χ3n) is 3.40. The number of hydrogen-bond acceptors (Lipinski definition) is 5. The summed E-state index contributed by atoms with van der Waals surface area (Å²) in [6, 6.07) is 4.70. The van der Waals surface area contributed by atoms with Crippen molar-refractivity contribution < 1.29 is 4.39 Å². The van der Waals surface area contributed by atoms with E-state index in [9.17, 15) is 4.39 Å². The normalized spacial score (nSPS) is 11.5. The summed E-state index contributed by atoms with van der Waals surface area (Å²) in [7, 11) is 1.86. The van der Waals surface area contributed by atoms with Gasteiger partial charge < -0.3 is 0 Å². The van der Waals surface area contributed by atoms with Crippen LogP contribution < -0.4 is 0 Å². The van der Waals surface area contributed by atoms with Crippen LogP contribution in [0.5, 0.6) is 0 Å². The van der Waals surface area contributed by atoms with E-state index in [2.05, 4.69) is 36.3 Å². The first-order valence-corrected chi connectivity index (χ1v) is 8.32. The number of halogens is 2. The lowest BCUT2D eigenvalue weighted by Gasteiger charge is -2.00. The molecule has 0 radical (unpaired) electrons. The van der Waals surface area contributed by atoms with Gasteiger partial charge in [-0.3, -0.25) is 4.68 Å². The Balaban J connectivity index is 1.90. The summed E-state index contributed by atoms with van der Waals surface area (Å²) >= 11 is 4.74. The Kier molecular flexibility index (Phi) is 3.27. The highest BCUT2D eigenvalue weighted by Gasteiger charge is 2.19. The molecule has 0 atom stereocenters. The minimum Gasteiger partial charge on any atom is -0.275 e. The van der Waals surface area contributed by atoms with Gasteiger partial charge in [0.05, 0.1) is 16.8 Å². The Morgan fingerprint density at radius 1 is 1.17 bits per heavy atom. The molecule has 0 amide bonds. The molecule has 0 unspecified atom stereocenters. The van der Waals surface area contributed by atoms with E-state index >= 15 is 0 Å². The van der Waals surface area contributed by atoms with Crippen LogP contribution in [-0.4, -0.2) is 29.6 Å². The number of nitrogens with zero attached hydrogens (tertiary/aromatic N) is 6. The Bertz CT molecular complexity index is 1030. The van der Waals surface area contributed by atoms with Crippen LogP contribution in [0.4, 0.5) is 4.39 Å². The van der Waals surface area contributed by atoms with Crippen LogP contribution in [0.2, 0.25) is 0 Å². The summed E-state index contributed by atoms with van der Waals surface area (Å²) in [5.74, 6) is 0.0115. The Hall–Kier alpha value is -2.13. The SMILES string of the molecule is Cc1nn(C)cc1-c1nn2c(-c3cc(Br)ccc3F)nnc2s1. The predicted molar refractivity (Wildman–Crippen MR) is 88.7 cm³/mol. The topological polar surface area (TPSA) is 60.9 Å². The second-order valence-electron chi connectivity index (χ2n) is 5.05. The summed E-state index contributed by atoms with van der Waals surface area (Å²) in [6.07, 6.45) is 1.90. The molecule has 0 fully saturated rings. The third-order valence-corrected chi connectivity index (χ3v) is 4.83. The van der Waals surface area contributed by atoms with Crippen LogP contribution in [0.15, 0.2) is 28.9 Å². The molecular formula is C14H10BrFN6S. The van der Waals surface area contributed by atoms with Crippen molar-refractivity contribution in [3.63, 3.8) is 0 Å². The van der Waals surface area contributed by atoms with Gasteiger partial charge in [-0.15, -0.1) is 10.2 Å². The summed E-state index contributed by atoms with van der Waals surface area (Å²) in [6.45, 7) is 1.92. The lowest BCUT2D eigenvalue weighted by molar-refractivity contribution is 0.629. The van der Waals surface area contributed by atoms with Gasteiger partial charge in [-0.2, -0.15) is 14.7 Å². The molecule has 6 nitrogen and oxygen atoms in total. The van der Waals surface area contributed by atoms with Gasteiger partial charge >= 0.3 is 0 Å². The summed E-state index contributed by atoms with van der Waals surface area (Å²) in [5, 5.41) is 17.8. The molecule has 0 N–H and O–H groups in total. The quantitative estimate of drug-likeness (QED) is 0.523. The fourth-order valence-corrected chi connectivity index (χ4v) is 3.63. The average Bonchev–Trinajstić information content (AvgIpc) is 3.15. The molecule has 0 bridgehead atoms. The van der Waals surface area contributed by atoms with Gasteiger partial charge in [0, 0.05) is 17.7 Å². The van der Waals surface area contributed by atoms with Crippen LogP contribution in [0.1, 0.15) is 5.69 Å². The molecule has 3 aromatic heterocycles. The molecule has 0 saturated carbocycles. The van der Waals surface area contributed by atoms with Crippen molar-refractivity contribution in [3.8, 4) is 22.0 Å². The van der Waals surface area contributed by atoms with Crippen molar-refractivity contribution in [1.82, 2.24) is 29.6 Å². The number of aromatic nitrogens is 6. The van der Waals surface area contributed by atoms with Gasteiger partial charge in [0.15, 0.2) is 10.8 Å². The molecule has 9 heteroatoms. The van der Waals surface area contributed by atoms with Crippen LogP contribution in [-0.2, 0) is 7.05 Å². The van der Waals surface area contributed by atoms with Crippen molar-refractivity contribution in [2.24, 2.45) is 7.05 Å². The highest BCUT2D eigenvalue weighted by Crippen LogP contribution is 2.31. The van der Waals surface area contributed by atoms with E-state index in [1.807, 2.05) is 20.2 Å². The van der Waals surface area contributed by atoms with E-state index in [1.165, 1.54) is 17.4 Å². The highest BCUT2D eigenvalue weighted by molar-refractivity contribution is 9.10. The van der Waals surface area contributed by atoms with Gasteiger partial charge in [-0.25, -0.2) is 4.39 Å². The molecule has 0 spiro atoms. The van der Waals surface area contributed by atoms with Crippen molar-refractivity contribution in [2.75, 3.05) is 0 Å². The number of benzene rings is 1. The molecule has 4 aromatic rings. The summed E-state index contributed by atoms with van der Waals surface area (Å²) < 4.78 is 18.2. The zero-order valence-electron chi connectivity index (χ0n) is 12.2. The standard InChI is InChI=1S/C14H10BrFN6S/c1-7-10(6-21(2)19-7)13-20-22-12(17-18-14(22)23-13)9-5-8(15)3-4-11(9)16/h3-6H,1-2H3. The maximum Gasteiger partial charge on any atom is 0.235 e. The lowest BCUT2D eigenvalue weighted by atomic mass is 10.2. The van der Waals surface area contributed by atoms with E-state index in [-0.39, 0.29) is 5.82 Å². The number of aryl methyl sites for hydroxylation is 2. The fourth-order valence-electron chi connectivity index (χ4n) is 2.37. The van der Waals surface area contributed by atoms with Crippen LogP contribution >= 0.6 is 27.3 Å². The first-order chi connectivity index (χ1) is 11.0. The fraction of sp³-hybridized carbons (Fsp3) is 0.143. The number of fused-ring (bicyclic) bond motifs is 1. The molecule has 23 heavy (non-hydrogen) atoms.